The van der Waals surface area contributed by atoms with Gasteiger partial charge in [0.25, 0.3) is 5.92 Å². The molecular weight excluding hydrogens is 326 g/mol. The van der Waals surface area contributed by atoms with E-state index in [2.05, 4.69) is 0 Å². The van der Waals surface area contributed by atoms with E-state index in [1.807, 2.05) is 31.2 Å². The highest BCUT2D eigenvalue weighted by Gasteiger charge is 2.56. The molecule has 0 aliphatic carbocycles. The zero-order chi connectivity index (χ0) is 18.2. The Labute approximate surface area is 146 Å². The summed E-state index contributed by atoms with van der Waals surface area (Å²) in [4.78, 5) is 27.7. The number of hydrogen-bond donors (Lipinski definition) is 0. The summed E-state index contributed by atoms with van der Waals surface area (Å²) in [7, 11) is 1.63. The fraction of sp³-hybridized carbons (Fsp3) is 0.579. The molecule has 2 aliphatic rings. The second-order valence-corrected chi connectivity index (χ2v) is 7.47. The van der Waals surface area contributed by atoms with Crippen LogP contribution < -0.4 is 0 Å². The zero-order valence-electron chi connectivity index (χ0n) is 14.7. The number of hydrogen-bond acceptors (Lipinski definition) is 2. The van der Waals surface area contributed by atoms with Crippen molar-refractivity contribution in [2.75, 3.05) is 26.7 Å². The molecule has 0 radical (unpaired) electrons. The van der Waals surface area contributed by atoms with E-state index in [1.165, 1.54) is 9.80 Å². The molecule has 0 saturated carbocycles. The van der Waals surface area contributed by atoms with Crippen molar-refractivity contribution in [2.45, 2.75) is 38.5 Å². The van der Waals surface area contributed by atoms with Crippen molar-refractivity contribution in [3.8, 4) is 0 Å². The number of likely N-dealkylation sites (tertiary alicyclic amines) is 2. The molecule has 1 aromatic rings. The molecule has 2 saturated heterocycles. The molecule has 6 heteroatoms. The van der Waals surface area contributed by atoms with Gasteiger partial charge in [-0.05, 0) is 30.9 Å². The van der Waals surface area contributed by atoms with E-state index in [-0.39, 0.29) is 24.8 Å². The Morgan fingerprint density at radius 1 is 1.24 bits per heavy atom. The molecule has 2 amide bonds. The molecule has 2 aliphatic heterocycles. The molecule has 1 unspecified atom stereocenters. The van der Waals surface area contributed by atoms with Crippen LogP contribution in [0.2, 0.25) is 0 Å². The number of amides is 2. The Morgan fingerprint density at radius 3 is 2.60 bits per heavy atom. The third-order valence-electron chi connectivity index (χ3n) is 5.46. The Morgan fingerprint density at radius 2 is 1.96 bits per heavy atom. The fourth-order valence-corrected chi connectivity index (χ4v) is 4.08. The van der Waals surface area contributed by atoms with Gasteiger partial charge in [-0.15, -0.1) is 0 Å². The minimum absolute atomic E-state index is 0.109. The topological polar surface area (TPSA) is 40.6 Å². The average molecular weight is 350 g/mol. The summed E-state index contributed by atoms with van der Waals surface area (Å²) >= 11 is 0. The van der Waals surface area contributed by atoms with E-state index in [0.29, 0.717) is 19.4 Å². The summed E-state index contributed by atoms with van der Waals surface area (Å²) in [6.07, 6.45) is 0.639. The quantitative estimate of drug-likeness (QED) is 0.841. The SMILES string of the molecule is Cc1ccccc1CCC(=O)N1CC(F)(F)CC2(CCN(C)C2=O)C1. The normalized spacial score (nSPS) is 25.7. The second kappa shape index (κ2) is 6.39. The van der Waals surface area contributed by atoms with Crippen molar-refractivity contribution < 1.29 is 18.4 Å². The summed E-state index contributed by atoms with van der Waals surface area (Å²) < 4.78 is 28.5. The third kappa shape index (κ3) is 3.53. The van der Waals surface area contributed by atoms with Crippen molar-refractivity contribution in [3.05, 3.63) is 35.4 Å². The van der Waals surface area contributed by atoms with Crippen LogP contribution >= 0.6 is 0 Å². The van der Waals surface area contributed by atoms with Crippen LogP contribution in [0, 0.1) is 12.3 Å². The number of benzene rings is 1. The number of alkyl halides is 2. The van der Waals surface area contributed by atoms with Crippen LogP contribution in [0.4, 0.5) is 8.78 Å². The van der Waals surface area contributed by atoms with Crippen molar-refractivity contribution in [2.24, 2.45) is 5.41 Å². The second-order valence-electron chi connectivity index (χ2n) is 7.47. The predicted molar refractivity (Wildman–Crippen MR) is 90.3 cm³/mol. The summed E-state index contributed by atoms with van der Waals surface area (Å²) in [6.45, 7) is 1.97. The molecule has 3 rings (SSSR count). The number of nitrogens with zero attached hydrogens (tertiary/aromatic N) is 2. The fourth-order valence-electron chi connectivity index (χ4n) is 4.08. The molecule has 4 nitrogen and oxygen atoms in total. The first-order chi connectivity index (χ1) is 11.7. The Balaban J connectivity index is 1.71. The Bertz CT molecular complexity index is 692. The van der Waals surface area contributed by atoms with Crippen LogP contribution in [-0.4, -0.2) is 54.2 Å². The smallest absolute Gasteiger partial charge is 0.266 e. The zero-order valence-corrected chi connectivity index (χ0v) is 14.7. The Kier molecular flexibility index (Phi) is 4.56. The van der Waals surface area contributed by atoms with Crippen LogP contribution in [0.3, 0.4) is 0 Å². The lowest BCUT2D eigenvalue weighted by Gasteiger charge is -2.42. The predicted octanol–water partition coefficient (Wildman–Crippen LogP) is 2.64. The van der Waals surface area contributed by atoms with E-state index in [1.54, 1.807) is 7.05 Å². The maximum Gasteiger partial charge on any atom is 0.266 e. The van der Waals surface area contributed by atoms with E-state index in [0.717, 1.165) is 11.1 Å². The van der Waals surface area contributed by atoms with E-state index >= 15 is 0 Å². The highest BCUT2D eigenvalue weighted by atomic mass is 19.3. The molecule has 1 aromatic carbocycles. The van der Waals surface area contributed by atoms with Gasteiger partial charge in [0.05, 0.1) is 12.0 Å². The van der Waals surface area contributed by atoms with Gasteiger partial charge in [-0.1, -0.05) is 24.3 Å². The highest BCUT2D eigenvalue weighted by Crippen LogP contribution is 2.45. The van der Waals surface area contributed by atoms with Gasteiger partial charge in [0.1, 0.15) is 0 Å². The number of carbonyl (C=O) groups is 2. The molecule has 2 heterocycles. The molecule has 1 spiro atoms. The van der Waals surface area contributed by atoms with Crippen LogP contribution in [0.1, 0.15) is 30.4 Å². The molecule has 0 bridgehead atoms. The molecule has 0 aromatic heterocycles. The van der Waals surface area contributed by atoms with Crippen molar-refractivity contribution in [3.63, 3.8) is 0 Å². The first kappa shape index (κ1) is 17.8. The van der Waals surface area contributed by atoms with E-state index in [4.69, 9.17) is 0 Å². The first-order valence-electron chi connectivity index (χ1n) is 8.68. The van der Waals surface area contributed by atoms with Crippen LogP contribution in [-0.2, 0) is 16.0 Å². The third-order valence-corrected chi connectivity index (χ3v) is 5.46. The van der Waals surface area contributed by atoms with Crippen molar-refractivity contribution in [1.29, 1.82) is 0 Å². The molecular formula is C19H24F2N2O2. The number of rotatable bonds is 3. The monoisotopic (exact) mass is 350 g/mol. The van der Waals surface area contributed by atoms with Gasteiger partial charge in [0.15, 0.2) is 0 Å². The van der Waals surface area contributed by atoms with Crippen LogP contribution in [0.25, 0.3) is 0 Å². The highest BCUT2D eigenvalue weighted by molar-refractivity contribution is 5.86. The minimum Gasteiger partial charge on any atom is -0.345 e. The van der Waals surface area contributed by atoms with Crippen molar-refractivity contribution >= 4 is 11.8 Å². The Hall–Kier alpha value is -1.98. The van der Waals surface area contributed by atoms with Crippen LogP contribution in [0.5, 0.6) is 0 Å². The number of carbonyl (C=O) groups excluding carboxylic acids is 2. The molecule has 1 atom stereocenters. The molecule has 136 valence electrons. The van der Waals surface area contributed by atoms with Gasteiger partial charge in [0.2, 0.25) is 11.8 Å². The van der Waals surface area contributed by atoms with E-state index < -0.39 is 24.3 Å². The maximum atomic E-state index is 14.3. The summed E-state index contributed by atoms with van der Waals surface area (Å²) in [5.74, 6) is -3.58. The van der Waals surface area contributed by atoms with Gasteiger partial charge in [-0.2, -0.15) is 0 Å². The van der Waals surface area contributed by atoms with Gasteiger partial charge in [-0.25, -0.2) is 8.78 Å². The number of piperidine rings is 1. The molecule has 0 N–H and O–H groups in total. The van der Waals surface area contributed by atoms with Crippen LogP contribution in [0.15, 0.2) is 24.3 Å². The summed E-state index contributed by atoms with van der Waals surface area (Å²) in [5.41, 5.74) is 1.02. The lowest BCUT2D eigenvalue weighted by atomic mass is 9.77. The number of aryl methyl sites for hydroxylation is 2. The maximum absolute atomic E-state index is 14.3. The van der Waals surface area contributed by atoms with Gasteiger partial charge in [0, 0.05) is 33.0 Å². The average Bonchev–Trinajstić information content (AvgIpc) is 2.80. The lowest BCUT2D eigenvalue weighted by molar-refractivity contribution is -0.162. The van der Waals surface area contributed by atoms with Crippen molar-refractivity contribution in [1.82, 2.24) is 9.80 Å². The minimum atomic E-state index is -3.02. The summed E-state index contributed by atoms with van der Waals surface area (Å²) in [5, 5.41) is 0. The first-order valence-corrected chi connectivity index (χ1v) is 8.68. The van der Waals surface area contributed by atoms with Gasteiger partial charge < -0.3 is 9.80 Å². The number of halogens is 2. The largest absolute Gasteiger partial charge is 0.345 e. The summed E-state index contributed by atoms with van der Waals surface area (Å²) in [6, 6.07) is 7.75. The van der Waals surface area contributed by atoms with Gasteiger partial charge >= 0.3 is 0 Å². The van der Waals surface area contributed by atoms with E-state index in [9.17, 15) is 18.4 Å². The molecule has 2 fully saturated rings. The molecule has 25 heavy (non-hydrogen) atoms. The van der Waals surface area contributed by atoms with Gasteiger partial charge in [-0.3, -0.25) is 9.59 Å². The standard InChI is InChI=1S/C19H24F2N2O2/c1-14-5-3-4-6-15(14)7-8-16(24)23-12-18(11-19(20,21)13-23)9-10-22(2)17(18)25/h3-6H,7-13H2,1-2H3. The lowest BCUT2D eigenvalue weighted by Crippen LogP contribution is -2.57.